The van der Waals surface area contributed by atoms with Gasteiger partial charge in [-0.25, -0.2) is 14.0 Å². The molecule has 0 aliphatic carbocycles. The van der Waals surface area contributed by atoms with Crippen LogP contribution in [-0.2, 0) is 0 Å². The number of amides is 4. The smallest absolute Gasteiger partial charge is 0.321 e. The van der Waals surface area contributed by atoms with Gasteiger partial charge in [0.2, 0.25) is 0 Å². The molecule has 0 spiro atoms. The van der Waals surface area contributed by atoms with Gasteiger partial charge in [-0.05, 0) is 55.2 Å². The van der Waals surface area contributed by atoms with Crippen molar-refractivity contribution in [3.8, 4) is 0 Å². The van der Waals surface area contributed by atoms with E-state index in [1.807, 2.05) is 0 Å². The molecule has 4 amide bonds. The predicted molar refractivity (Wildman–Crippen MR) is 108 cm³/mol. The molecular weight excluding hydrogens is 383 g/mol. The number of urea groups is 2. The Morgan fingerprint density at radius 1 is 1.04 bits per heavy atom. The summed E-state index contributed by atoms with van der Waals surface area (Å²) in [5.41, 5.74) is 1.13. The fraction of sp³-hybridized carbons (Fsp3) is 0.300. The molecule has 0 aromatic heterocycles. The van der Waals surface area contributed by atoms with Gasteiger partial charge in [-0.3, -0.25) is 0 Å². The number of carbonyl (C=O) groups is 2. The van der Waals surface area contributed by atoms with E-state index in [0.717, 1.165) is 12.8 Å². The Balaban J connectivity index is 1.39. The van der Waals surface area contributed by atoms with E-state index in [-0.39, 0.29) is 17.9 Å². The van der Waals surface area contributed by atoms with Gasteiger partial charge in [0.25, 0.3) is 0 Å². The van der Waals surface area contributed by atoms with Crippen LogP contribution in [0.2, 0.25) is 5.02 Å². The van der Waals surface area contributed by atoms with Crippen molar-refractivity contribution in [1.82, 2.24) is 10.2 Å². The van der Waals surface area contributed by atoms with E-state index >= 15 is 0 Å². The van der Waals surface area contributed by atoms with Crippen LogP contribution in [0.25, 0.3) is 0 Å². The number of halogens is 2. The normalized spacial score (nSPS) is 14.4. The van der Waals surface area contributed by atoms with Crippen molar-refractivity contribution in [2.24, 2.45) is 5.92 Å². The number of hydrogen-bond acceptors (Lipinski definition) is 2. The number of piperidine rings is 1. The highest BCUT2D eigenvalue weighted by Crippen LogP contribution is 2.21. The predicted octanol–water partition coefficient (Wildman–Crippen LogP) is 4.54. The van der Waals surface area contributed by atoms with E-state index in [4.69, 9.17) is 11.6 Å². The van der Waals surface area contributed by atoms with Gasteiger partial charge in [0.05, 0.1) is 10.7 Å². The first-order valence-electron chi connectivity index (χ1n) is 9.12. The summed E-state index contributed by atoms with van der Waals surface area (Å²) in [6, 6.07) is 12.2. The van der Waals surface area contributed by atoms with E-state index in [0.29, 0.717) is 41.9 Å². The van der Waals surface area contributed by atoms with Crippen LogP contribution in [0.1, 0.15) is 12.8 Å². The van der Waals surface area contributed by atoms with Gasteiger partial charge in [-0.1, -0.05) is 23.7 Å². The summed E-state index contributed by atoms with van der Waals surface area (Å²) < 4.78 is 12.9. The lowest BCUT2D eigenvalue weighted by Gasteiger charge is -2.32. The van der Waals surface area contributed by atoms with Crippen LogP contribution < -0.4 is 16.0 Å². The molecule has 0 radical (unpaired) electrons. The molecule has 1 heterocycles. The minimum atomic E-state index is -0.343. The minimum Gasteiger partial charge on any atom is -0.338 e. The number of hydrogen-bond donors (Lipinski definition) is 3. The molecule has 1 aliphatic heterocycles. The van der Waals surface area contributed by atoms with Gasteiger partial charge in [0.15, 0.2) is 0 Å². The van der Waals surface area contributed by atoms with Crippen molar-refractivity contribution in [3.63, 3.8) is 0 Å². The second kappa shape index (κ2) is 9.41. The van der Waals surface area contributed by atoms with Crippen LogP contribution in [0.3, 0.4) is 0 Å². The first-order chi connectivity index (χ1) is 13.5. The van der Waals surface area contributed by atoms with Gasteiger partial charge in [0, 0.05) is 25.3 Å². The molecule has 1 aliphatic rings. The van der Waals surface area contributed by atoms with Crippen molar-refractivity contribution in [2.45, 2.75) is 12.8 Å². The lowest BCUT2D eigenvalue weighted by atomic mass is 9.97. The third-order valence-electron chi connectivity index (χ3n) is 4.67. The number of rotatable bonds is 4. The topological polar surface area (TPSA) is 73.5 Å². The Kier molecular flexibility index (Phi) is 6.71. The third-order valence-corrected chi connectivity index (χ3v) is 5.00. The lowest BCUT2D eigenvalue weighted by Crippen LogP contribution is -2.43. The summed E-state index contributed by atoms with van der Waals surface area (Å²) in [5.74, 6) is -0.0447. The summed E-state index contributed by atoms with van der Waals surface area (Å²) in [4.78, 5) is 26.0. The molecule has 1 fully saturated rings. The number of benzene rings is 2. The van der Waals surface area contributed by atoms with E-state index in [1.54, 1.807) is 29.2 Å². The fourth-order valence-electron chi connectivity index (χ4n) is 3.04. The molecule has 148 valence electrons. The molecule has 8 heteroatoms. The van der Waals surface area contributed by atoms with E-state index in [1.165, 1.54) is 24.3 Å². The maximum Gasteiger partial charge on any atom is 0.321 e. The van der Waals surface area contributed by atoms with Crippen LogP contribution in [0.15, 0.2) is 48.5 Å². The monoisotopic (exact) mass is 404 g/mol. The van der Waals surface area contributed by atoms with Gasteiger partial charge in [0.1, 0.15) is 5.82 Å². The summed E-state index contributed by atoms with van der Waals surface area (Å²) in [6.07, 6.45) is 1.59. The van der Waals surface area contributed by atoms with Crippen LogP contribution in [0.5, 0.6) is 0 Å². The SMILES string of the molecule is O=C(NCC1CCN(C(=O)Nc2ccc(F)cc2)CC1)Nc1ccccc1Cl. The zero-order valence-electron chi connectivity index (χ0n) is 15.3. The largest absolute Gasteiger partial charge is 0.338 e. The molecule has 2 aromatic rings. The second-order valence-corrected chi connectivity index (χ2v) is 7.09. The molecule has 6 nitrogen and oxygen atoms in total. The number of carbonyl (C=O) groups excluding carboxylic acids is 2. The standard InChI is InChI=1S/C20H22ClFN4O2/c21-17-3-1-2-4-18(17)25-19(27)23-13-14-9-11-26(12-10-14)20(28)24-16-7-5-15(22)6-8-16/h1-8,14H,9-13H2,(H,24,28)(H2,23,25,27). The van der Waals surface area contributed by atoms with Crippen molar-refractivity contribution in [3.05, 3.63) is 59.4 Å². The lowest BCUT2D eigenvalue weighted by molar-refractivity contribution is 0.181. The maximum atomic E-state index is 12.9. The summed E-state index contributed by atoms with van der Waals surface area (Å²) in [7, 11) is 0. The second-order valence-electron chi connectivity index (χ2n) is 6.68. The zero-order valence-corrected chi connectivity index (χ0v) is 16.0. The minimum absolute atomic E-state index is 0.200. The molecule has 0 atom stereocenters. The number of para-hydroxylation sites is 1. The first kappa shape index (κ1) is 19.9. The number of nitrogens with one attached hydrogen (secondary N) is 3. The van der Waals surface area contributed by atoms with Crippen molar-refractivity contribution in [1.29, 1.82) is 0 Å². The molecule has 0 unspecified atom stereocenters. The van der Waals surface area contributed by atoms with Crippen molar-refractivity contribution < 1.29 is 14.0 Å². The average molecular weight is 405 g/mol. The molecule has 3 N–H and O–H groups in total. The molecule has 28 heavy (non-hydrogen) atoms. The van der Waals surface area contributed by atoms with Crippen molar-refractivity contribution in [2.75, 3.05) is 30.3 Å². The summed E-state index contributed by atoms with van der Waals surface area (Å²) in [5, 5.41) is 8.83. The van der Waals surface area contributed by atoms with Gasteiger partial charge < -0.3 is 20.9 Å². The zero-order chi connectivity index (χ0) is 19.9. The molecule has 1 saturated heterocycles. The maximum absolute atomic E-state index is 12.9. The molecule has 0 bridgehead atoms. The molecule has 2 aromatic carbocycles. The van der Waals surface area contributed by atoms with E-state index in [2.05, 4.69) is 16.0 Å². The molecule has 0 saturated carbocycles. The quantitative estimate of drug-likeness (QED) is 0.699. The Bertz CT molecular complexity index is 823. The van der Waals surface area contributed by atoms with Gasteiger partial charge in [-0.2, -0.15) is 0 Å². The van der Waals surface area contributed by atoms with E-state index < -0.39 is 0 Å². The fourth-order valence-corrected chi connectivity index (χ4v) is 3.23. The number of nitrogens with zero attached hydrogens (tertiary/aromatic N) is 1. The average Bonchev–Trinajstić information content (AvgIpc) is 2.70. The van der Waals surface area contributed by atoms with E-state index in [9.17, 15) is 14.0 Å². The third kappa shape index (κ3) is 5.60. The molecular formula is C20H22ClFN4O2. The Labute approximate surface area is 168 Å². The summed E-state index contributed by atoms with van der Waals surface area (Å²) in [6.45, 7) is 1.74. The van der Waals surface area contributed by atoms with Crippen LogP contribution in [-0.4, -0.2) is 36.6 Å². The van der Waals surface area contributed by atoms with Gasteiger partial charge >= 0.3 is 12.1 Å². The highest BCUT2D eigenvalue weighted by atomic mass is 35.5. The van der Waals surface area contributed by atoms with Crippen LogP contribution in [0.4, 0.5) is 25.4 Å². The first-order valence-corrected chi connectivity index (χ1v) is 9.50. The Hall–Kier alpha value is -2.80. The Morgan fingerprint density at radius 2 is 1.71 bits per heavy atom. The van der Waals surface area contributed by atoms with Crippen LogP contribution in [0, 0.1) is 11.7 Å². The van der Waals surface area contributed by atoms with Crippen molar-refractivity contribution >= 4 is 35.0 Å². The number of likely N-dealkylation sites (tertiary alicyclic amines) is 1. The van der Waals surface area contributed by atoms with Gasteiger partial charge in [-0.15, -0.1) is 0 Å². The highest BCUT2D eigenvalue weighted by Gasteiger charge is 2.23. The van der Waals surface area contributed by atoms with Crippen LogP contribution >= 0.6 is 11.6 Å². The Morgan fingerprint density at radius 3 is 2.39 bits per heavy atom. The highest BCUT2D eigenvalue weighted by molar-refractivity contribution is 6.33. The number of anilines is 2. The summed E-state index contributed by atoms with van der Waals surface area (Å²) >= 11 is 6.02. The molecule has 3 rings (SSSR count).